The van der Waals surface area contributed by atoms with Crippen LogP contribution in [-0.2, 0) is 21.4 Å². The van der Waals surface area contributed by atoms with E-state index in [1.165, 1.54) is 21.0 Å². The number of carbonyl (C=O) groups is 4. The van der Waals surface area contributed by atoms with Crippen LogP contribution >= 0.6 is 11.3 Å². The molecule has 1 saturated heterocycles. The number of aryl methyl sites for hydroxylation is 1. The van der Waals surface area contributed by atoms with Gasteiger partial charge in [0, 0.05) is 49.3 Å². The second kappa shape index (κ2) is 14.1. The van der Waals surface area contributed by atoms with E-state index < -0.39 is 47.4 Å². The molecule has 0 spiro atoms. The fourth-order valence-corrected chi connectivity index (χ4v) is 7.71. The summed E-state index contributed by atoms with van der Waals surface area (Å²) in [5.74, 6) is -2.13. The van der Waals surface area contributed by atoms with Crippen molar-refractivity contribution in [3.05, 3.63) is 72.0 Å². The molecule has 3 aromatic heterocycles. The topological polar surface area (TPSA) is 174 Å². The molecule has 3 N–H and O–H groups in total. The molecule has 3 amide bonds. The Labute approximate surface area is 298 Å². The van der Waals surface area contributed by atoms with E-state index in [1.54, 1.807) is 43.3 Å². The number of aliphatic carboxylic acids is 1. The Balaban J connectivity index is 1.24. The summed E-state index contributed by atoms with van der Waals surface area (Å²) in [5.41, 5.74) is 0.888. The standard InChI is InChI=1S/C36H40N8O6S/c1-42-17-8-11-27(42)31(45)38-26-10-7-5-3-4-6-9-23-20-36(23,35(48)49)39-32(46)28-19-24(21-43(28)34(26)47)44-40-29(22-12-14-25(50-2)15-13-22)30(41-44)33-37-16-18-51-33/h6,8-9,11-18,23-24,26,28H,3-5,7,10,19-21H2,1-2H3,(H,38,45)(H,39,46)(H,48,49)/t23-,24-,26+,28+,36-/m1/s1. The minimum atomic E-state index is -1.44. The lowest BCUT2D eigenvalue weighted by molar-refractivity contribution is -0.145. The van der Waals surface area contributed by atoms with Gasteiger partial charge in [0.1, 0.15) is 45.5 Å². The molecule has 7 rings (SSSR count). The summed E-state index contributed by atoms with van der Waals surface area (Å²) in [6.45, 7) is 0.0743. The van der Waals surface area contributed by atoms with Crippen molar-refractivity contribution in [2.45, 2.75) is 68.6 Å². The van der Waals surface area contributed by atoms with E-state index in [4.69, 9.17) is 14.9 Å². The summed E-state index contributed by atoms with van der Waals surface area (Å²) in [5, 5.41) is 28.3. The Kier molecular flexibility index (Phi) is 9.46. The first-order chi connectivity index (χ1) is 24.7. The number of ether oxygens (including phenoxy) is 1. The van der Waals surface area contributed by atoms with Crippen LogP contribution in [0.2, 0.25) is 0 Å². The largest absolute Gasteiger partial charge is 0.497 e. The highest BCUT2D eigenvalue weighted by Gasteiger charge is 2.61. The third kappa shape index (κ3) is 6.77. The molecule has 15 heteroatoms. The smallest absolute Gasteiger partial charge is 0.330 e. The number of amides is 3. The van der Waals surface area contributed by atoms with Gasteiger partial charge in [-0.3, -0.25) is 14.4 Å². The molecule has 0 bridgehead atoms. The van der Waals surface area contributed by atoms with Gasteiger partial charge >= 0.3 is 5.97 Å². The van der Waals surface area contributed by atoms with Gasteiger partial charge in [-0.1, -0.05) is 25.0 Å². The number of aromatic nitrogens is 5. The number of hydrogen-bond donors (Lipinski definition) is 3. The van der Waals surface area contributed by atoms with Gasteiger partial charge in [-0.25, -0.2) is 9.78 Å². The number of hydrogen-bond acceptors (Lipinski definition) is 9. The maximum Gasteiger partial charge on any atom is 0.330 e. The Morgan fingerprint density at radius 3 is 2.61 bits per heavy atom. The monoisotopic (exact) mass is 712 g/mol. The number of thiazole rings is 1. The predicted molar refractivity (Wildman–Crippen MR) is 188 cm³/mol. The molecule has 1 aliphatic carbocycles. The van der Waals surface area contributed by atoms with Crippen molar-refractivity contribution >= 4 is 35.0 Å². The Morgan fingerprint density at radius 2 is 1.90 bits per heavy atom. The van der Waals surface area contributed by atoms with Gasteiger partial charge < -0.3 is 29.9 Å². The zero-order valence-corrected chi connectivity index (χ0v) is 29.2. The number of carboxylic acid groups (broad SMARTS) is 1. The molecule has 0 radical (unpaired) electrons. The number of rotatable bonds is 7. The van der Waals surface area contributed by atoms with Crippen molar-refractivity contribution < 1.29 is 29.0 Å². The van der Waals surface area contributed by atoms with Crippen molar-refractivity contribution in [1.82, 2.24) is 40.1 Å². The van der Waals surface area contributed by atoms with E-state index in [0.717, 1.165) is 24.8 Å². The number of allylic oxidation sites excluding steroid dienone is 1. The predicted octanol–water partition coefficient (Wildman–Crippen LogP) is 3.84. The lowest BCUT2D eigenvalue weighted by Gasteiger charge is -2.29. The maximum atomic E-state index is 14.5. The lowest BCUT2D eigenvalue weighted by atomic mass is 10.0. The van der Waals surface area contributed by atoms with Gasteiger partial charge in [-0.15, -0.1) is 16.4 Å². The summed E-state index contributed by atoms with van der Waals surface area (Å²) in [7, 11) is 3.35. The molecular weight excluding hydrogens is 673 g/mol. The zero-order valence-electron chi connectivity index (χ0n) is 28.4. The van der Waals surface area contributed by atoms with Gasteiger partial charge in [-0.2, -0.15) is 9.90 Å². The molecule has 5 atom stereocenters. The summed E-state index contributed by atoms with van der Waals surface area (Å²) in [4.78, 5) is 62.1. The highest BCUT2D eigenvalue weighted by Crippen LogP contribution is 2.46. The molecule has 14 nitrogen and oxygen atoms in total. The molecule has 2 fully saturated rings. The quantitative estimate of drug-likeness (QED) is 0.241. The normalized spacial score (nSPS) is 25.3. The second-order valence-electron chi connectivity index (χ2n) is 13.4. The number of fused-ring (bicyclic) bond motifs is 2. The highest BCUT2D eigenvalue weighted by molar-refractivity contribution is 7.13. The van der Waals surface area contributed by atoms with E-state index in [2.05, 4.69) is 15.6 Å². The highest BCUT2D eigenvalue weighted by atomic mass is 32.1. The Hall–Kier alpha value is -5.31. The van der Waals surface area contributed by atoms with Crippen LogP contribution in [0.5, 0.6) is 5.75 Å². The summed E-state index contributed by atoms with van der Waals surface area (Å²) in [6, 6.07) is 8.40. The molecular formula is C36H40N8O6S. The van der Waals surface area contributed by atoms with Crippen LogP contribution in [0.4, 0.5) is 0 Å². The molecule has 0 unspecified atom stereocenters. The molecule has 2 aliphatic heterocycles. The average molecular weight is 713 g/mol. The molecule has 1 aromatic carbocycles. The van der Waals surface area contributed by atoms with Crippen LogP contribution in [0.15, 0.2) is 66.3 Å². The van der Waals surface area contributed by atoms with Gasteiger partial charge in [0.15, 0.2) is 0 Å². The van der Waals surface area contributed by atoms with Crippen molar-refractivity contribution in [2.24, 2.45) is 13.0 Å². The Bertz CT molecular complexity index is 1950. The molecule has 266 valence electrons. The minimum absolute atomic E-state index is 0.0743. The number of carboxylic acids is 1. The summed E-state index contributed by atoms with van der Waals surface area (Å²) < 4.78 is 7.02. The first kappa shape index (κ1) is 34.2. The maximum absolute atomic E-state index is 14.5. The summed E-state index contributed by atoms with van der Waals surface area (Å²) in [6.07, 6.45) is 11.2. The number of benzene rings is 1. The average Bonchev–Trinajstić information content (AvgIpc) is 3.73. The second-order valence-corrected chi connectivity index (χ2v) is 14.2. The first-order valence-electron chi connectivity index (χ1n) is 17.1. The molecule has 51 heavy (non-hydrogen) atoms. The van der Waals surface area contributed by atoms with Crippen LogP contribution in [-0.4, -0.2) is 89.5 Å². The van der Waals surface area contributed by atoms with E-state index in [1.807, 2.05) is 41.8 Å². The third-order valence-corrected chi connectivity index (χ3v) is 10.9. The number of methoxy groups -OCH3 is 1. The SMILES string of the molecule is COc1ccc(-c2nn([C@@H]3C[C@H]4C(=O)N[C@]5(C(=O)O)C[C@H]5C=CCCCCC[C@H](NC(=O)c5cccn5C)C(=O)N4C3)nc2-c2nccs2)cc1. The van der Waals surface area contributed by atoms with Crippen LogP contribution in [0, 0.1) is 5.92 Å². The molecule has 3 aliphatic rings. The summed E-state index contributed by atoms with van der Waals surface area (Å²) >= 11 is 1.42. The van der Waals surface area contributed by atoms with Crippen molar-refractivity contribution in [3.8, 4) is 27.7 Å². The van der Waals surface area contributed by atoms with Gasteiger partial charge in [0.2, 0.25) is 11.8 Å². The van der Waals surface area contributed by atoms with Crippen molar-refractivity contribution in [2.75, 3.05) is 13.7 Å². The Morgan fingerprint density at radius 1 is 1.10 bits per heavy atom. The van der Waals surface area contributed by atoms with E-state index in [-0.39, 0.29) is 25.3 Å². The van der Waals surface area contributed by atoms with E-state index in [9.17, 15) is 24.3 Å². The lowest BCUT2D eigenvalue weighted by Crippen LogP contribution is -2.56. The number of nitrogens with one attached hydrogen (secondary N) is 2. The molecule has 5 heterocycles. The van der Waals surface area contributed by atoms with Gasteiger partial charge in [0.25, 0.3) is 5.91 Å². The van der Waals surface area contributed by atoms with E-state index >= 15 is 0 Å². The molecule has 4 aromatic rings. The zero-order chi connectivity index (χ0) is 35.7. The van der Waals surface area contributed by atoms with E-state index in [0.29, 0.717) is 40.7 Å². The number of nitrogens with zero attached hydrogens (tertiary/aromatic N) is 6. The van der Waals surface area contributed by atoms with Crippen molar-refractivity contribution in [3.63, 3.8) is 0 Å². The fourth-order valence-electron chi connectivity index (χ4n) is 7.09. The van der Waals surface area contributed by atoms with Crippen LogP contribution < -0.4 is 15.4 Å². The van der Waals surface area contributed by atoms with Crippen LogP contribution in [0.3, 0.4) is 0 Å². The van der Waals surface area contributed by atoms with Gasteiger partial charge in [0.05, 0.1) is 13.2 Å². The van der Waals surface area contributed by atoms with Crippen LogP contribution in [0.1, 0.15) is 61.5 Å². The third-order valence-electron chi connectivity index (χ3n) is 10.1. The fraction of sp³-hybridized carbons (Fsp3) is 0.417. The van der Waals surface area contributed by atoms with Crippen molar-refractivity contribution in [1.29, 1.82) is 0 Å². The van der Waals surface area contributed by atoms with Crippen LogP contribution in [0.25, 0.3) is 22.0 Å². The molecule has 1 saturated carbocycles. The minimum Gasteiger partial charge on any atom is -0.497 e. The van der Waals surface area contributed by atoms with Gasteiger partial charge in [-0.05, 0) is 62.1 Å². The number of carbonyl (C=O) groups excluding carboxylic acids is 3. The first-order valence-corrected chi connectivity index (χ1v) is 18.0.